The third kappa shape index (κ3) is 5.81. The number of guanidine groups is 1. The van der Waals surface area contributed by atoms with E-state index in [4.69, 9.17) is 4.52 Å². The highest BCUT2D eigenvalue weighted by molar-refractivity contribution is 5.79. The van der Waals surface area contributed by atoms with E-state index in [1.54, 1.807) is 7.05 Å². The van der Waals surface area contributed by atoms with Crippen LogP contribution in [0.1, 0.15) is 37.3 Å². The molecule has 0 radical (unpaired) electrons. The molecule has 6 heteroatoms. The van der Waals surface area contributed by atoms with Crippen molar-refractivity contribution < 1.29 is 4.52 Å². The molecule has 0 bridgehead atoms. The van der Waals surface area contributed by atoms with Gasteiger partial charge in [-0.3, -0.25) is 4.99 Å². The maximum Gasteiger partial charge on any atom is 0.191 e. The van der Waals surface area contributed by atoms with Crippen LogP contribution in [-0.2, 0) is 19.4 Å². The molecule has 0 spiro atoms. The summed E-state index contributed by atoms with van der Waals surface area (Å²) in [6.07, 6.45) is 2.72. The van der Waals surface area contributed by atoms with Crippen molar-refractivity contribution >= 4 is 11.6 Å². The van der Waals surface area contributed by atoms with Crippen LogP contribution in [0.3, 0.4) is 0 Å². The fraction of sp³-hybridized carbons (Fsp3) is 0.474. The zero-order chi connectivity index (χ0) is 17.9. The average Bonchev–Trinajstić information content (AvgIpc) is 3.06. The normalized spacial score (nSPS) is 11.4. The summed E-state index contributed by atoms with van der Waals surface area (Å²) in [5.41, 5.74) is 3.32. The highest BCUT2D eigenvalue weighted by atomic mass is 16.5. The molecule has 0 saturated heterocycles. The second-order valence-corrected chi connectivity index (χ2v) is 5.74. The molecule has 0 aliphatic heterocycles. The lowest BCUT2D eigenvalue weighted by molar-refractivity contribution is 0.380. The first-order chi connectivity index (χ1) is 12.3. The van der Waals surface area contributed by atoms with Gasteiger partial charge < -0.3 is 20.5 Å². The Balaban J connectivity index is 1.71. The molecule has 0 unspecified atom stereocenters. The minimum atomic E-state index is 0.678. The Morgan fingerprint density at radius 1 is 1.08 bits per heavy atom. The Morgan fingerprint density at radius 3 is 2.56 bits per heavy atom. The quantitative estimate of drug-likeness (QED) is 0.371. The Labute approximate surface area is 150 Å². The van der Waals surface area contributed by atoms with Gasteiger partial charge in [-0.25, -0.2) is 0 Å². The molecule has 0 atom stereocenters. The first-order valence-corrected chi connectivity index (χ1v) is 8.98. The number of hydrogen-bond donors (Lipinski definition) is 3. The van der Waals surface area contributed by atoms with Gasteiger partial charge in [-0.15, -0.1) is 0 Å². The third-order valence-corrected chi connectivity index (χ3v) is 4.01. The zero-order valence-electron chi connectivity index (χ0n) is 15.4. The maximum atomic E-state index is 5.40. The van der Waals surface area contributed by atoms with Crippen LogP contribution in [0.2, 0.25) is 0 Å². The average molecular weight is 343 g/mol. The van der Waals surface area contributed by atoms with Gasteiger partial charge >= 0.3 is 0 Å². The summed E-state index contributed by atoms with van der Waals surface area (Å²) in [7, 11) is 1.78. The predicted molar refractivity (Wildman–Crippen MR) is 103 cm³/mol. The summed E-state index contributed by atoms with van der Waals surface area (Å²) in [5, 5.41) is 14.2. The van der Waals surface area contributed by atoms with E-state index in [9.17, 15) is 0 Å². The van der Waals surface area contributed by atoms with E-state index >= 15 is 0 Å². The molecule has 2 rings (SSSR count). The topological polar surface area (TPSA) is 74.5 Å². The monoisotopic (exact) mass is 343 g/mol. The number of hydrogen-bond acceptors (Lipinski definition) is 4. The van der Waals surface area contributed by atoms with Crippen LogP contribution in [0.5, 0.6) is 0 Å². The summed E-state index contributed by atoms with van der Waals surface area (Å²) in [5.74, 6) is 1.75. The van der Waals surface area contributed by atoms with Crippen molar-refractivity contribution in [3.05, 3.63) is 47.3 Å². The molecule has 0 amide bonds. The summed E-state index contributed by atoms with van der Waals surface area (Å²) < 4.78 is 5.40. The van der Waals surface area contributed by atoms with Gasteiger partial charge in [0.05, 0.1) is 5.69 Å². The molecule has 25 heavy (non-hydrogen) atoms. The van der Waals surface area contributed by atoms with Gasteiger partial charge in [0.1, 0.15) is 5.76 Å². The Kier molecular flexibility index (Phi) is 7.82. The Hall–Kier alpha value is -2.50. The number of rotatable bonds is 9. The molecule has 0 aliphatic rings. The van der Waals surface area contributed by atoms with Gasteiger partial charge in [0, 0.05) is 44.4 Å². The molecule has 2 aromatic rings. The van der Waals surface area contributed by atoms with Crippen molar-refractivity contribution in [1.82, 2.24) is 15.8 Å². The van der Waals surface area contributed by atoms with Crippen molar-refractivity contribution in [2.45, 2.75) is 39.7 Å². The third-order valence-electron chi connectivity index (χ3n) is 4.01. The Bertz CT molecular complexity index is 630. The van der Waals surface area contributed by atoms with Crippen LogP contribution in [0.25, 0.3) is 0 Å². The van der Waals surface area contributed by atoms with Crippen molar-refractivity contribution in [2.24, 2.45) is 4.99 Å². The van der Waals surface area contributed by atoms with Gasteiger partial charge in [0.15, 0.2) is 5.96 Å². The van der Waals surface area contributed by atoms with Crippen LogP contribution < -0.4 is 16.0 Å². The molecule has 3 N–H and O–H groups in total. The molecule has 136 valence electrons. The largest absolute Gasteiger partial charge is 0.385 e. The molecule has 1 aromatic carbocycles. The molecule has 1 aromatic heterocycles. The van der Waals surface area contributed by atoms with E-state index < -0.39 is 0 Å². The van der Waals surface area contributed by atoms with Crippen molar-refractivity contribution in [2.75, 3.05) is 25.5 Å². The van der Waals surface area contributed by atoms with E-state index in [1.165, 1.54) is 0 Å². The van der Waals surface area contributed by atoms with E-state index in [1.807, 2.05) is 18.2 Å². The van der Waals surface area contributed by atoms with Gasteiger partial charge in [-0.2, -0.15) is 0 Å². The number of nitrogens with zero attached hydrogens (tertiary/aromatic N) is 2. The number of aromatic nitrogens is 1. The van der Waals surface area contributed by atoms with E-state index in [-0.39, 0.29) is 0 Å². The highest BCUT2D eigenvalue weighted by Gasteiger charge is 2.13. The fourth-order valence-corrected chi connectivity index (χ4v) is 2.61. The number of benzene rings is 1. The maximum absolute atomic E-state index is 5.40. The molecule has 0 fully saturated rings. The second kappa shape index (κ2) is 10.4. The Morgan fingerprint density at radius 2 is 1.88 bits per heavy atom. The van der Waals surface area contributed by atoms with E-state index in [2.05, 4.69) is 52.1 Å². The molecule has 1 heterocycles. The van der Waals surface area contributed by atoms with Crippen molar-refractivity contribution in [1.29, 1.82) is 0 Å². The lowest BCUT2D eigenvalue weighted by Gasteiger charge is -2.12. The SMILES string of the molecule is CCc1noc(CC)c1CNC(=NC)NCCCNc1ccccc1. The minimum Gasteiger partial charge on any atom is -0.385 e. The van der Waals surface area contributed by atoms with Crippen LogP contribution in [0.4, 0.5) is 5.69 Å². The summed E-state index contributed by atoms with van der Waals surface area (Å²) in [4.78, 5) is 4.28. The number of aryl methyl sites for hydroxylation is 2. The van der Waals surface area contributed by atoms with Gasteiger partial charge in [0.2, 0.25) is 0 Å². The first kappa shape index (κ1) is 18.8. The first-order valence-electron chi connectivity index (χ1n) is 8.98. The van der Waals surface area contributed by atoms with Crippen molar-refractivity contribution in [3.8, 4) is 0 Å². The van der Waals surface area contributed by atoms with Gasteiger partial charge in [-0.05, 0) is 25.0 Å². The fourth-order valence-electron chi connectivity index (χ4n) is 2.61. The van der Waals surface area contributed by atoms with Crippen LogP contribution in [-0.4, -0.2) is 31.3 Å². The number of anilines is 1. The molecule has 0 aliphatic carbocycles. The van der Waals surface area contributed by atoms with Crippen LogP contribution >= 0.6 is 0 Å². The lowest BCUT2D eigenvalue weighted by atomic mass is 10.1. The van der Waals surface area contributed by atoms with E-state index in [0.717, 1.165) is 61.0 Å². The number of nitrogens with one attached hydrogen (secondary N) is 3. The van der Waals surface area contributed by atoms with Gasteiger partial charge in [0.25, 0.3) is 0 Å². The molecular formula is C19H29N5O. The highest BCUT2D eigenvalue weighted by Crippen LogP contribution is 2.15. The number of aliphatic imine (C=N–C) groups is 1. The number of para-hydroxylation sites is 1. The van der Waals surface area contributed by atoms with Gasteiger partial charge in [-0.1, -0.05) is 37.2 Å². The lowest BCUT2D eigenvalue weighted by Crippen LogP contribution is -2.38. The summed E-state index contributed by atoms with van der Waals surface area (Å²) >= 11 is 0. The molecule has 0 saturated carbocycles. The van der Waals surface area contributed by atoms with Crippen LogP contribution in [0.15, 0.2) is 39.8 Å². The zero-order valence-corrected chi connectivity index (χ0v) is 15.4. The smallest absolute Gasteiger partial charge is 0.191 e. The molecular weight excluding hydrogens is 314 g/mol. The predicted octanol–water partition coefficient (Wildman–Crippen LogP) is 2.97. The summed E-state index contributed by atoms with van der Waals surface area (Å²) in [6.45, 7) is 6.62. The summed E-state index contributed by atoms with van der Waals surface area (Å²) in [6, 6.07) is 10.2. The second-order valence-electron chi connectivity index (χ2n) is 5.74. The van der Waals surface area contributed by atoms with Crippen LogP contribution in [0, 0.1) is 0 Å². The minimum absolute atomic E-state index is 0.678. The molecule has 6 nitrogen and oxygen atoms in total. The van der Waals surface area contributed by atoms with E-state index in [0.29, 0.717) is 6.54 Å². The van der Waals surface area contributed by atoms with Crippen molar-refractivity contribution in [3.63, 3.8) is 0 Å². The standard InChI is InChI=1S/C19H29N5O/c1-4-17-16(18(5-2)25-24-17)14-23-19(20-3)22-13-9-12-21-15-10-7-6-8-11-15/h6-8,10-11,21H,4-5,9,12-14H2,1-3H3,(H2,20,22,23).